The summed E-state index contributed by atoms with van der Waals surface area (Å²) < 4.78 is 11.0. The van der Waals surface area contributed by atoms with Gasteiger partial charge in [0.15, 0.2) is 6.61 Å². The van der Waals surface area contributed by atoms with Gasteiger partial charge in [-0.1, -0.05) is 41.9 Å². The van der Waals surface area contributed by atoms with Crippen molar-refractivity contribution in [3.05, 3.63) is 93.9 Å². The number of thiazole rings is 1. The lowest BCUT2D eigenvalue weighted by atomic mass is 9.97. The molecule has 1 saturated heterocycles. The number of nitrogens with zero attached hydrogens (tertiary/aromatic N) is 2. The van der Waals surface area contributed by atoms with Crippen LogP contribution in [0.25, 0.3) is 11.1 Å². The van der Waals surface area contributed by atoms with Gasteiger partial charge in [0.1, 0.15) is 17.2 Å². The Hall–Kier alpha value is -3.88. The zero-order valence-electron chi connectivity index (χ0n) is 21.4. The van der Waals surface area contributed by atoms with Crippen molar-refractivity contribution in [2.45, 2.75) is 18.8 Å². The van der Waals surface area contributed by atoms with Crippen molar-refractivity contribution in [1.29, 1.82) is 0 Å². The number of likely N-dealkylation sites (tertiary alicyclic amines) is 1. The second kappa shape index (κ2) is 12.3. The molecule has 200 valence electrons. The van der Waals surface area contributed by atoms with Gasteiger partial charge >= 0.3 is 0 Å². The fraction of sp³-hybridized carbons (Fsp3) is 0.233. The molecule has 0 unspecified atom stereocenters. The molecule has 7 nitrogen and oxygen atoms in total. The zero-order valence-corrected chi connectivity index (χ0v) is 23.0. The van der Waals surface area contributed by atoms with Crippen LogP contribution in [0, 0.1) is 0 Å². The lowest BCUT2D eigenvalue weighted by Gasteiger charge is -2.31. The number of hydrogen-bond donors (Lipinski definition) is 1. The van der Waals surface area contributed by atoms with Crippen LogP contribution in [-0.2, 0) is 4.79 Å². The Labute approximate surface area is 236 Å². The molecule has 0 saturated carbocycles. The van der Waals surface area contributed by atoms with Gasteiger partial charge in [0, 0.05) is 41.0 Å². The Balaban J connectivity index is 1.18. The Morgan fingerprint density at radius 2 is 1.74 bits per heavy atom. The molecule has 1 aromatic heterocycles. The third-order valence-electron chi connectivity index (χ3n) is 6.69. The molecular formula is C30H28ClN3O4S. The number of amides is 2. The predicted octanol–water partition coefficient (Wildman–Crippen LogP) is 6.51. The Kier molecular flexibility index (Phi) is 8.44. The number of rotatable bonds is 8. The first-order chi connectivity index (χ1) is 19.0. The van der Waals surface area contributed by atoms with Crippen LogP contribution in [-0.4, -0.2) is 48.5 Å². The first-order valence-corrected chi connectivity index (χ1v) is 13.9. The van der Waals surface area contributed by atoms with E-state index in [0.29, 0.717) is 41.0 Å². The molecule has 0 radical (unpaired) electrons. The minimum Gasteiger partial charge on any atom is -0.497 e. The van der Waals surface area contributed by atoms with Crippen LogP contribution in [0.2, 0.25) is 5.02 Å². The molecule has 0 spiro atoms. The van der Waals surface area contributed by atoms with E-state index in [1.807, 2.05) is 53.4 Å². The second-order valence-corrected chi connectivity index (χ2v) is 10.5. The summed E-state index contributed by atoms with van der Waals surface area (Å²) in [5.41, 5.74) is 2.94. The highest BCUT2D eigenvalue weighted by molar-refractivity contribution is 7.10. The molecule has 1 aliphatic rings. The second-order valence-electron chi connectivity index (χ2n) is 9.20. The van der Waals surface area contributed by atoms with Crippen LogP contribution in [0.4, 0.5) is 5.69 Å². The van der Waals surface area contributed by atoms with Gasteiger partial charge in [-0.05, 0) is 54.8 Å². The largest absolute Gasteiger partial charge is 0.497 e. The Bertz CT molecular complexity index is 1430. The maximum Gasteiger partial charge on any atom is 0.275 e. The summed E-state index contributed by atoms with van der Waals surface area (Å²) in [6.07, 6.45) is 1.57. The number of carbonyl (C=O) groups is 2. The van der Waals surface area contributed by atoms with Crippen molar-refractivity contribution < 1.29 is 19.1 Å². The summed E-state index contributed by atoms with van der Waals surface area (Å²) in [5, 5.41) is 6.35. The molecule has 1 fully saturated rings. The number of piperidine rings is 1. The lowest BCUT2D eigenvalue weighted by molar-refractivity contribution is -0.134. The standard InChI is InChI=1S/C30H28ClN3O4S/c1-37-24-11-12-25(20-5-3-2-4-6-20)26(17-24)32-29(36)27-19-39-30(33-27)21-13-15-34(16-14-21)28(35)18-38-23-9-7-22(31)8-10-23/h2-12,17,19,21H,13-16,18H2,1H3,(H,32,36). The number of halogens is 1. The molecule has 5 rings (SSSR count). The number of methoxy groups -OCH3 is 1. The SMILES string of the molecule is COc1ccc(-c2ccccc2)c(NC(=O)c2csc(C3CCN(C(=O)COc4ccc(Cl)cc4)CC3)n2)c1. The van der Waals surface area contributed by atoms with Crippen LogP contribution >= 0.6 is 22.9 Å². The van der Waals surface area contributed by atoms with Gasteiger partial charge in [-0.25, -0.2) is 4.98 Å². The fourth-order valence-electron chi connectivity index (χ4n) is 4.53. The van der Waals surface area contributed by atoms with Crippen molar-refractivity contribution in [2.24, 2.45) is 0 Å². The summed E-state index contributed by atoms with van der Waals surface area (Å²) >= 11 is 7.38. The van der Waals surface area contributed by atoms with Crippen molar-refractivity contribution >= 4 is 40.4 Å². The number of aromatic nitrogens is 1. The average molecular weight is 562 g/mol. The van der Waals surface area contributed by atoms with Gasteiger partial charge in [0.2, 0.25) is 0 Å². The molecule has 1 aliphatic heterocycles. The smallest absolute Gasteiger partial charge is 0.275 e. The van der Waals surface area contributed by atoms with E-state index < -0.39 is 0 Å². The number of benzene rings is 3. The minimum atomic E-state index is -0.269. The van der Waals surface area contributed by atoms with Gasteiger partial charge in [0.05, 0.1) is 17.8 Å². The van der Waals surface area contributed by atoms with Crippen molar-refractivity contribution in [1.82, 2.24) is 9.88 Å². The summed E-state index contributed by atoms with van der Waals surface area (Å²) in [7, 11) is 1.60. The number of nitrogens with one attached hydrogen (secondary N) is 1. The maximum atomic E-state index is 13.2. The Morgan fingerprint density at radius 1 is 1.03 bits per heavy atom. The molecular weight excluding hydrogens is 534 g/mol. The van der Waals surface area contributed by atoms with E-state index in [-0.39, 0.29) is 24.3 Å². The van der Waals surface area contributed by atoms with Crippen molar-refractivity contribution in [3.8, 4) is 22.6 Å². The van der Waals surface area contributed by atoms with Crippen LogP contribution < -0.4 is 14.8 Å². The highest BCUT2D eigenvalue weighted by Crippen LogP contribution is 2.33. The number of anilines is 1. The highest BCUT2D eigenvalue weighted by atomic mass is 35.5. The van der Waals surface area contributed by atoms with Crippen LogP contribution in [0.3, 0.4) is 0 Å². The number of ether oxygens (including phenoxy) is 2. The van der Waals surface area contributed by atoms with E-state index in [1.54, 1.807) is 36.8 Å². The highest BCUT2D eigenvalue weighted by Gasteiger charge is 2.27. The summed E-state index contributed by atoms with van der Waals surface area (Å²) in [6.45, 7) is 1.24. The van der Waals surface area contributed by atoms with Crippen LogP contribution in [0.5, 0.6) is 11.5 Å². The summed E-state index contributed by atoms with van der Waals surface area (Å²) in [4.78, 5) is 32.3. The molecule has 4 aromatic rings. The van der Waals surface area contributed by atoms with Crippen LogP contribution in [0.15, 0.2) is 78.2 Å². The molecule has 2 amide bonds. The predicted molar refractivity (Wildman–Crippen MR) is 154 cm³/mol. The van der Waals surface area contributed by atoms with Gasteiger partial charge in [-0.3, -0.25) is 9.59 Å². The minimum absolute atomic E-state index is 0.0108. The number of carbonyl (C=O) groups excluding carboxylic acids is 2. The molecule has 9 heteroatoms. The van der Waals surface area contributed by atoms with E-state index in [1.165, 1.54) is 11.3 Å². The molecule has 1 N–H and O–H groups in total. The fourth-order valence-corrected chi connectivity index (χ4v) is 5.63. The number of hydrogen-bond acceptors (Lipinski definition) is 6. The summed E-state index contributed by atoms with van der Waals surface area (Å²) in [5.74, 6) is 1.16. The first-order valence-electron chi connectivity index (χ1n) is 12.7. The van der Waals surface area contributed by atoms with E-state index in [0.717, 1.165) is 29.0 Å². The molecule has 2 heterocycles. The van der Waals surface area contributed by atoms with E-state index in [2.05, 4.69) is 10.3 Å². The third kappa shape index (κ3) is 6.58. The van der Waals surface area contributed by atoms with E-state index >= 15 is 0 Å². The van der Waals surface area contributed by atoms with Gasteiger partial charge < -0.3 is 19.7 Å². The van der Waals surface area contributed by atoms with E-state index in [9.17, 15) is 9.59 Å². The molecule has 0 atom stereocenters. The van der Waals surface area contributed by atoms with Gasteiger partial charge in [0.25, 0.3) is 11.8 Å². The van der Waals surface area contributed by atoms with Crippen LogP contribution in [0.1, 0.15) is 34.3 Å². The molecule has 0 aliphatic carbocycles. The average Bonchev–Trinajstić information content (AvgIpc) is 3.48. The summed E-state index contributed by atoms with van der Waals surface area (Å²) in [6, 6.07) is 22.5. The lowest BCUT2D eigenvalue weighted by Crippen LogP contribution is -2.40. The Morgan fingerprint density at radius 3 is 2.46 bits per heavy atom. The topological polar surface area (TPSA) is 80.8 Å². The van der Waals surface area contributed by atoms with Crippen molar-refractivity contribution in [2.75, 3.05) is 32.1 Å². The van der Waals surface area contributed by atoms with Gasteiger partial charge in [-0.15, -0.1) is 11.3 Å². The van der Waals surface area contributed by atoms with Gasteiger partial charge in [-0.2, -0.15) is 0 Å². The molecule has 0 bridgehead atoms. The molecule has 39 heavy (non-hydrogen) atoms. The van der Waals surface area contributed by atoms with Crippen molar-refractivity contribution in [3.63, 3.8) is 0 Å². The van der Waals surface area contributed by atoms with E-state index in [4.69, 9.17) is 21.1 Å². The maximum absolute atomic E-state index is 13.2. The monoisotopic (exact) mass is 561 g/mol. The first kappa shape index (κ1) is 26.7. The zero-order chi connectivity index (χ0) is 27.2. The third-order valence-corrected chi connectivity index (χ3v) is 7.95. The molecule has 3 aromatic carbocycles. The normalized spacial score (nSPS) is 13.6. The quantitative estimate of drug-likeness (QED) is 0.265.